The number of hydrogen-bond acceptors (Lipinski definition) is 3. The fourth-order valence-corrected chi connectivity index (χ4v) is 4.42. The Balaban J connectivity index is 0.000000456. The summed E-state index contributed by atoms with van der Waals surface area (Å²) in [6.45, 7) is 7.18. The zero-order valence-corrected chi connectivity index (χ0v) is 19.6. The molecular weight excluding hydrogens is 368 g/mol. The van der Waals surface area contributed by atoms with Gasteiger partial charge in [-0.05, 0) is 69.6 Å². The molecule has 2 unspecified atom stereocenters. The van der Waals surface area contributed by atoms with Crippen LogP contribution in [0, 0.1) is 5.92 Å². The second-order valence-corrected chi connectivity index (χ2v) is 8.71. The van der Waals surface area contributed by atoms with Crippen LogP contribution in [0.2, 0.25) is 0 Å². The molecule has 0 radical (unpaired) electrons. The van der Waals surface area contributed by atoms with Crippen LogP contribution in [0.4, 0.5) is 0 Å². The molecule has 0 bridgehead atoms. The van der Waals surface area contributed by atoms with Gasteiger partial charge in [0.15, 0.2) is 0 Å². The predicted molar refractivity (Wildman–Crippen MR) is 129 cm³/mol. The molecule has 0 aromatic heterocycles. The molecule has 0 spiro atoms. The van der Waals surface area contributed by atoms with Crippen LogP contribution in [0.5, 0.6) is 5.75 Å². The number of piperidine rings is 1. The van der Waals surface area contributed by atoms with Gasteiger partial charge in [-0.1, -0.05) is 74.7 Å². The molecule has 1 fully saturated rings. The van der Waals surface area contributed by atoms with E-state index in [0.29, 0.717) is 11.8 Å². The molecule has 2 aromatic carbocycles. The second-order valence-electron chi connectivity index (χ2n) is 8.71. The Bertz CT molecular complexity index is 647. The maximum atomic E-state index is 5.44. The van der Waals surface area contributed by atoms with Crippen LogP contribution in [-0.4, -0.2) is 57.2 Å². The number of methoxy groups -OCH3 is 1. The first-order chi connectivity index (χ1) is 14.6. The van der Waals surface area contributed by atoms with E-state index in [2.05, 4.69) is 49.0 Å². The minimum Gasteiger partial charge on any atom is -0.497 e. The van der Waals surface area contributed by atoms with Gasteiger partial charge in [0, 0.05) is 13.1 Å². The van der Waals surface area contributed by atoms with Crippen molar-refractivity contribution in [1.82, 2.24) is 9.80 Å². The summed E-state index contributed by atoms with van der Waals surface area (Å²) in [4.78, 5) is 5.04. The maximum absolute atomic E-state index is 5.44. The van der Waals surface area contributed by atoms with Crippen molar-refractivity contribution in [2.75, 3.05) is 47.4 Å². The Morgan fingerprint density at radius 2 is 1.67 bits per heavy atom. The number of rotatable bonds is 9. The molecule has 3 heteroatoms. The third kappa shape index (κ3) is 8.89. The monoisotopic (exact) mass is 410 g/mol. The lowest BCUT2D eigenvalue weighted by atomic mass is 9.80. The van der Waals surface area contributed by atoms with E-state index in [0.717, 1.165) is 12.3 Å². The highest BCUT2D eigenvalue weighted by Crippen LogP contribution is 2.35. The molecule has 2 atom stereocenters. The van der Waals surface area contributed by atoms with Crippen molar-refractivity contribution in [3.8, 4) is 5.75 Å². The van der Waals surface area contributed by atoms with Crippen molar-refractivity contribution in [1.29, 1.82) is 0 Å². The Morgan fingerprint density at radius 3 is 2.27 bits per heavy atom. The van der Waals surface area contributed by atoms with Crippen LogP contribution in [-0.2, 0) is 0 Å². The largest absolute Gasteiger partial charge is 0.497 e. The van der Waals surface area contributed by atoms with E-state index in [-0.39, 0.29) is 0 Å². The van der Waals surface area contributed by atoms with E-state index in [4.69, 9.17) is 4.74 Å². The molecule has 2 aromatic rings. The van der Waals surface area contributed by atoms with Crippen LogP contribution in [0.3, 0.4) is 0 Å². The average molecular weight is 411 g/mol. The SMILES string of the molecule is CCCCCCN1CCC(c2cccc(OC)c2)C(CN(C)C)C1.c1ccccc1. The zero-order chi connectivity index (χ0) is 21.6. The minimum absolute atomic E-state index is 0.648. The summed E-state index contributed by atoms with van der Waals surface area (Å²) in [5.41, 5.74) is 1.45. The second kappa shape index (κ2) is 14.2. The highest BCUT2D eigenvalue weighted by molar-refractivity contribution is 5.31. The molecule has 0 saturated carbocycles. The Labute approximate surface area is 185 Å². The van der Waals surface area contributed by atoms with E-state index in [1.165, 1.54) is 57.3 Å². The summed E-state index contributed by atoms with van der Waals surface area (Å²) in [5.74, 6) is 2.33. The third-order valence-corrected chi connectivity index (χ3v) is 5.93. The molecule has 1 saturated heterocycles. The first-order valence-electron chi connectivity index (χ1n) is 11.6. The molecule has 30 heavy (non-hydrogen) atoms. The number of likely N-dealkylation sites (tertiary alicyclic amines) is 1. The first-order valence-corrected chi connectivity index (χ1v) is 11.6. The molecule has 0 aliphatic carbocycles. The smallest absolute Gasteiger partial charge is 0.119 e. The number of nitrogens with zero attached hydrogens (tertiary/aromatic N) is 2. The van der Waals surface area contributed by atoms with Gasteiger partial charge in [-0.25, -0.2) is 0 Å². The maximum Gasteiger partial charge on any atom is 0.119 e. The highest BCUT2D eigenvalue weighted by Gasteiger charge is 2.30. The lowest BCUT2D eigenvalue weighted by molar-refractivity contribution is 0.129. The Hall–Kier alpha value is -1.84. The first kappa shape index (κ1) is 24.4. The van der Waals surface area contributed by atoms with Gasteiger partial charge in [0.05, 0.1) is 7.11 Å². The molecule has 3 rings (SSSR count). The van der Waals surface area contributed by atoms with Crippen molar-refractivity contribution in [2.24, 2.45) is 5.92 Å². The van der Waals surface area contributed by atoms with Crippen LogP contribution in [0.1, 0.15) is 50.5 Å². The molecule has 1 aliphatic rings. The molecule has 166 valence electrons. The van der Waals surface area contributed by atoms with E-state index in [1.54, 1.807) is 7.11 Å². The number of unbranched alkanes of at least 4 members (excludes halogenated alkanes) is 3. The fourth-order valence-electron chi connectivity index (χ4n) is 4.42. The average Bonchev–Trinajstić information content (AvgIpc) is 2.78. The van der Waals surface area contributed by atoms with Crippen LogP contribution >= 0.6 is 0 Å². The predicted octanol–water partition coefficient (Wildman–Crippen LogP) is 5.93. The number of ether oxygens (including phenoxy) is 1. The summed E-state index contributed by atoms with van der Waals surface area (Å²) in [6.07, 6.45) is 6.69. The van der Waals surface area contributed by atoms with Gasteiger partial charge in [-0.15, -0.1) is 0 Å². The number of hydrogen-bond donors (Lipinski definition) is 0. The Morgan fingerprint density at radius 1 is 0.967 bits per heavy atom. The summed E-state index contributed by atoms with van der Waals surface area (Å²) in [6, 6.07) is 20.7. The fraction of sp³-hybridized carbons (Fsp3) is 0.556. The zero-order valence-electron chi connectivity index (χ0n) is 19.6. The lowest BCUT2D eigenvalue weighted by Crippen LogP contribution is -2.43. The molecule has 1 heterocycles. The molecule has 0 N–H and O–H groups in total. The van der Waals surface area contributed by atoms with Gasteiger partial charge in [0.2, 0.25) is 0 Å². The Kier molecular flexibility index (Phi) is 11.6. The molecule has 3 nitrogen and oxygen atoms in total. The van der Waals surface area contributed by atoms with Gasteiger partial charge in [0.25, 0.3) is 0 Å². The van der Waals surface area contributed by atoms with Gasteiger partial charge in [0.1, 0.15) is 5.75 Å². The lowest BCUT2D eigenvalue weighted by Gasteiger charge is -2.40. The summed E-state index contributed by atoms with van der Waals surface area (Å²) >= 11 is 0. The van der Waals surface area contributed by atoms with Crippen LogP contribution < -0.4 is 4.74 Å². The third-order valence-electron chi connectivity index (χ3n) is 5.93. The quantitative estimate of drug-likeness (QED) is 0.477. The summed E-state index contributed by atoms with van der Waals surface area (Å²) in [5, 5.41) is 0. The van der Waals surface area contributed by atoms with Crippen molar-refractivity contribution >= 4 is 0 Å². The molecule has 0 amide bonds. The van der Waals surface area contributed by atoms with Crippen molar-refractivity contribution in [3.63, 3.8) is 0 Å². The number of benzene rings is 2. The summed E-state index contributed by atoms with van der Waals surface area (Å²) in [7, 11) is 6.15. The van der Waals surface area contributed by atoms with Crippen LogP contribution in [0.25, 0.3) is 0 Å². The highest BCUT2D eigenvalue weighted by atomic mass is 16.5. The van der Waals surface area contributed by atoms with E-state index in [1.807, 2.05) is 42.5 Å². The van der Waals surface area contributed by atoms with Crippen molar-refractivity contribution < 1.29 is 4.74 Å². The van der Waals surface area contributed by atoms with E-state index < -0.39 is 0 Å². The van der Waals surface area contributed by atoms with Gasteiger partial charge in [-0.3, -0.25) is 0 Å². The van der Waals surface area contributed by atoms with E-state index in [9.17, 15) is 0 Å². The summed E-state index contributed by atoms with van der Waals surface area (Å²) < 4.78 is 5.44. The van der Waals surface area contributed by atoms with Gasteiger partial charge >= 0.3 is 0 Å². The topological polar surface area (TPSA) is 15.7 Å². The minimum atomic E-state index is 0.648. The normalized spacial score (nSPS) is 19.2. The molecular formula is C27H42N2O. The standard InChI is InChI=1S/C21H36N2O.C6H6/c1-5-6-7-8-13-23-14-12-21(19(17-23)16-22(2)3)18-10-9-11-20(15-18)24-4;1-2-4-6-5-3-1/h9-11,15,19,21H,5-8,12-14,16-17H2,1-4H3;1-6H. The van der Waals surface area contributed by atoms with Gasteiger partial charge < -0.3 is 14.5 Å². The van der Waals surface area contributed by atoms with E-state index >= 15 is 0 Å². The van der Waals surface area contributed by atoms with Crippen LogP contribution in [0.15, 0.2) is 60.7 Å². The van der Waals surface area contributed by atoms with Gasteiger partial charge in [-0.2, -0.15) is 0 Å². The van der Waals surface area contributed by atoms with Crippen molar-refractivity contribution in [3.05, 3.63) is 66.2 Å². The molecule has 1 aliphatic heterocycles. The van der Waals surface area contributed by atoms with Crippen molar-refractivity contribution in [2.45, 2.75) is 44.9 Å².